The molecule has 0 bridgehead atoms. The molecule has 2 aliphatic rings. The number of nitrogens with one attached hydrogen (secondary N) is 1. The first kappa shape index (κ1) is 20.1. The van der Waals surface area contributed by atoms with Gasteiger partial charge in [-0.1, -0.05) is 25.7 Å². The number of rotatable bonds is 6. The second-order valence-corrected chi connectivity index (χ2v) is 9.29. The largest absolute Gasteiger partial charge is 0.492 e. The van der Waals surface area contributed by atoms with Crippen molar-refractivity contribution >= 4 is 21.6 Å². The van der Waals surface area contributed by atoms with Gasteiger partial charge in [0.2, 0.25) is 15.9 Å². The van der Waals surface area contributed by atoms with Crippen LogP contribution >= 0.6 is 0 Å². The molecule has 1 amide bonds. The summed E-state index contributed by atoms with van der Waals surface area (Å²) in [5.74, 6) is 0.353. The predicted octanol–water partition coefficient (Wildman–Crippen LogP) is 3.78. The van der Waals surface area contributed by atoms with E-state index >= 15 is 0 Å². The van der Waals surface area contributed by atoms with Gasteiger partial charge >= 0.3 is 0 Å². The highest BCUT2D eigenvalue weighted by Crippen LogP contribution is 2.32. The van der Waals surface area contributed by atoms with Crippen molar-refractivity contribution < 1.29 is 17.9 Å². The Hall–Kier alpha value is -1.60. The highest BCUT2D eigenvalue weighted by Gasteiger charge is 2.30. The Bertz CT molecular complexity index is 751. The molecule has 1 aliphatic carbocycles. The van der Waals surface area contributed by atoms with E-state index in [1.807, 2.05) is 6.92 Å². The molecule has 0 radical (unpaired) electrons. The van der Waals surface area contributed by atoms with E-state index in [0.29, 0.717) is 31.1 Å². The van der Waals surface area contributed by atoms with Gasteiger partial charge in [0, 0.05) is 24.7 Å². The summed E-state index contributed by atoms with van der Waals surface area (Å²) >= 11 is 0. The molecule has 2 fully saturated rings. The zero-order valence-electron chi connectivity index (χ0n) is 16.1. The van der Waals surface area contributed by atoms with Crippen LogP contribution in [-0.4, -0.2) is 38.3 Å². The smallest absolute Gasteiger partial charge is 0.246 e. The molecule has 3 rings (SSSR count). The van der Waals surface area contributed by atoms with Crippen molar-refractivity contribution in [2.45, 2.75) is 63.2 Å². The zero-order chi connectivity index (χ0) is 19.3. The van der Waals surface area contributed by atoms with Crippen LogP contribution in [0.2, 0.25) is 0 Å². The third kappa shape index (κ3) is 4.82. The van der Waals surface area contributed by atoms with Crippen molar-refractivity contribution in [2.24, 2.45) is 5.92 Å². The fourth-order valence-corrected chi connectivity index (χ4v) is 5.59. The van der Waals surface area contributed by atoms with Crippen molar-refractivity contribution in [1.29, 1.82) is 0 Å². The highest BCUT2D eigenvalue weighted by molar-refractivity contribution is 7.89. The lowest BCUT2D eigenvalue weighted by Crippen LogP contribution is -2.35. The third-order valence-corrected chi connectivity index (χ3v) is 7.34. The number of hydrogen-bond acceptors (Lipinski definition) is 4. The zero-order valence-corrected chi connectivity index (χ0v) is 16.9. The van der Waals surface area contributed by atoms with Crippen LogP contribution in [0.4, 0.5) is 5.69 Å². The Labute approximate surface area is 162 Å². The molecule has 0 aromatic heterocycles. The molecule has 6 nitrogen and oxygen atoms in total. The lowest BCUT2D eigenvalue weighted by Gasteiger charge is -2.27. The molecule has 1 heterocycles. The van der Waals surface area contributed by atoms with Gasteiger partial charge in [-0.2, -0.15) is 4.31 Å². The molecule has 0 atom stereocenters. The topological polar surface area (TPSA) is 75.7 Å². The minimum absolute atomic E-state index is 0.0137. The molecule has 1 saturated heterocycles. The number of ether oxygens (including phenoxy) is 1. The Morgan fingerprint density at radius 2 is 1.78 bits per heavy atom. The number of hydrogen-bond donors (Lipinski definition) is 1. The van der Waals surface area contributed by atoms with Crippen LogP contribution in [0.25, 0.3) is 0 Å². The van der Waals surface area contributed by atoms with Gasteiger partial charge in [0.25, 0.3) is 0 Å². The van der Waals surface area contributed by atoms with E-state index in [-0.39, 0.29) is 16.7 Å². The quantitative estimate of drug-likeness (QED) is 0.797. The first-order chi connectivity index (χ1) is 13.0. The SMILES string of the molecule is CCOc1ccc(NC(=O)C2CCCCC2)cc1S(=O)(=O)N1CCCCC1. The summed E-state index contributed by atoms with van der Waals surface area (Å²) in [5, 5.41) is 2.92. The van der Waals surface area contributed by atoms with Gasteiger partial charge in [0.15, 0.2) is 0 Å². The second kappa shape index (κ2) is 9.06. The van der Waals surface area contributed by atoms with Crippen LogP contribution in [0.1, 0.15) is 58.3 Å². The average molecular weight is 395 g/mol. The summed E-state index contributed by atoms with van der Waals surface area (Å²) in [5.41, 5.74) is 0.518. The highest BCUT2D eigenvalue weighted by atomic mass is 32.2. The summed E-state index contributed by atoms with van der Waals surface area (Å²) in [4.78, 5) is 12.7. The van der Waals surface area contributed by atoms with Crippen LogP contribution in [-0.2, 0) is 14.8 Å². The molecule has 1 aromatic rings. The van der Waals surface area contributed by atoms with Gasteiger partial charge in [-0.3, -0.25) is 4.79 Å². The summed E-state index contributed by atoms with van der Waals surface area (Å²) < 4.78 is 33.4. The summed E-state index contributed by atoms with van der Waals surface area (Å²) in [6, 6.07) is 4.92. The number of nitrogens with zero attached hydrogens (tertiary/aromatic N) is 1. The third-order valence-electron chi connectivity index (χ3n) is 5.42. The van der Waals surface area contributed by atoms with E-state index in [2.05, 4.69) is 5.32 Å². The van der Waals surface area contributed by atoms with Gasteiger partial charge in [0.05, 0.1) is 6.61 Å². The Balaban J connectivity index is 1.84. The maximum atomic E-state index is 13.2. The van der Waals surface area contributed by atoms with Crippen molar-refractivity contribution in [3.63, 3.8) is 0 Å². The van der Waals surface area contributed by atoms with Gasteiger partial charge in [-0.25, -0.2) is 8.42 Å². The Kier molecular flexibility index (Phi) is 6.76. The summed E-state index contributed by atoms with van der Waals surface area (Å²) in [6.45, 7) is 3.28. The maximum Gasteiger partial charge on any atom is 0.246 e. The van der Waals surface area contributed by atoms with Gasteiger partial charge in [0.1, 0.15) is 10.6 Å². The molecule has 1 aromatic carbocycles. The van der Waals surface area contributed by atoms with Crippen molar-refractivity contribution in [2.75, 3.05) is 25.0 Å². The van der Waals surface area contributed by atoms with Crippen LogP contribution < -0.4 is 10.1 Å². The van der Waals surface area contributed by atoms with Crippen molar-refractivity contribution in [3.05, 3.63) is 18.2 Å². The molecule has 1 aliphatic heterocycles. The molecule has 150 valence electrons. The monoisotopic (exact) mass is 394 g/mol. The fraction of sp³-hybridized carbons (Fsp3) is 0.650. The normalized spacial score (nSPS) is 19.6. The molecule has 0 spiro atoms. The van der Waals surface area contributed by atoms with E-state index in [9.17, 15) is 13.2 Å². The molecule has 0 unspecified atom stereocenters. The number of carbonyl (C=O) groups excluding carboxylic acids is 1. The first-order valence-electron chi connectivity index (χ1n) is 10.1. The van der Waals surface area contributed by atoms with Crippen molar-refractivity contribution in [1.82, 2.24) is 4.31 Å². The number of sulfonamides is 1. The average Bonchev–Trinajstić information content (AvgIpc) is 2.70. The van der Waals surface area contributed by atoms with Crippen LogP contribution in [0.5, 0.6) is 5.75 Å². The van der Waals surface area contributed by atoms with E-state index < -0.39 is 10.0 Å². The number of amides is 1. The number of carbonyl (C=O) groups is 1. The second-order valence-electron chi connectivity index (χ2n) is 7.38. The Morgan fingerprint density at radius 1 is 1.11 bits per heavy atom. The van der Waals surface area contributed by atoms with Gasteiger partial charge in [-0.15, -0.1) is 0 Å². The Morgan fingerprint density at radius 3 is 2.44 bits per heavy atom. The molecule has 1 saturated carbocycles. The minimum Gasteiger partial charge on any atom is -0.492 e. The standard InChI is InChI=1S/C20H30N2O4S/c1-2-26-18-12-11-17(21-20(23)16-9-5-3-6-10-16)15-19(18)27(24,25)22-13-7-4-8-14-22/h11-12,15-16H,2-10,13-14H2,1H3,(H,21,23). The lowest BCUT2D eigenvalue weighted by molar-refractivity contribution is -0.120. The molecular formula is C20H30N2O4S. The fourth-order valence-electron chi connectivity index (χ4n) is 3.92. The minimum atomic E-state index is -3.64. The molecule has 27 heavy (non-hydrogen) atoms. The molecule has 7 heteroatoms. The molecular weight excluding hydrogens is 364 g/mol. The summed E-state index contributed by atoms with van der Waals surface area (Å²) in [7, 11) is -3.64. The van der Waals surface area contributed by atoms with Crippen LogP contribution in [0, 0.1) is 5.92 Å². The summed E-state index contributed by atoms with van der Waals surface area (Å²) in [6.07, 6.45) is 7.96. The van der Waals surface area contributed by atoms with Crippen molar-refractivity contribution in [3.8, 4) is 5.75 Å². The predicted molar refractivity (Wildman–Crippen MR) is 105 cm³/mol. The van der Waals surface area contributed by atoms with Crippen LogP contribution in [0.15, 0.2) is 23.1 Å². The van der Waals surface area contributed by atoms with Gasteiger partial charge in [-0.05, 0) is 50.8 Å². The number of benzene rings is 1. The van der Waals surface area contributed by atoms with Crippen LogP contribution in [0.3, 0.4) is 0 Å². The van der Waals surface area contributed by atoms with E-state index in [4.69, 9.17) is 4.74 Å². The van der Waals surface area contributed by atoms with E-state index in [0.717, 1.165) is 44.9 Å². The molecule has 1 N–H and O–H groups in total. The van der Waals surface area contributed by atoms with E-state index in [1.54, 1.807) is 18.2 Å². The van der Waals surface area contributed by atoms with E-state index in [1.165, 1.54) is 10.7 Å². The van der Waals surface area contributed by atoms with Gasteiger partial charge < -0.3 is 10.1 Å². The number of anilines is 1. The maximum absolute atomic E-state index is 13.2. The lowest BCUT2D eigenvalue weighted by atomic mass is 9.88. The first-order valence-corrected chi connectivity index (χ1v) is 11.5. The number of piperidine rings is 1.